The summed E-state index contributed by atoms with van der Waals surface area (Å²) in [7, 11) is 4.31. The number of nitrogens with one attached hydrogen (secondary N) is 1. The van der Waals surface area contributed by atoms with E-state index < -0.39 is 0 Å². The molecule has 1 aliphatic rings. The van der Waals surface area contributed by atoms with E-state index in [9.17, 15) is 0 Å². The van der Waals surface area contributed by atoms with Crippen molar-refractivity contribution in [2.45, 2.75) is 38.1 Å². The van der Waals surface area contributed by atoms with Crippen molar-refractivity contribution in [2.24, 2.45) is 0 Å². The Bertz CT molecular complexity index is 644. The number of hydrogen-bond acceptors (Lipinski definition) is 5. The molecule has 0 aliphatic heterocycles. The number of halogens is 1. The molecule has 2 aromatic rings. The van der Waals surface area contributed by atoms with E-state index in [1.165, 1.54) is 32.0 Å². The molecule has 3 rings (SSSR count). The Morgan fingerprint density at radius 3 is 2.76 bits per heavy atom. The molecule has 2 heterocycles. The van der Waals surface area contributed by atoms with Gasteiger partial charge in [-0.2, -0.15) is 19.6 Å². The molecule has 1 saturated carbocycles. The Morgan fingerprint density at radius 1 is 1.38 bits per heavy atom. The molecule has 2 aromatic heterocycles. The van der Waals surface area contributed by atoms with E-state index in [4.69, 9.17) is 11.6 Å². The van der Waals surface area contributed by atoms with Crippen LogP contribution in [0.4, 0.5) is 5.82 Å². The number of rotatable bonds is 4. The van der Waals surface area contributed by atoms with E-state index >= 15 is 0 Å². The third-order valence-corrected chi connectivity index (χ3v) is 5.04. The highest BCUT2D eigenvalue weighted by Crippen LogP contribution is 2.34. The number of anilines is 1. The fourth-order valence-electron chi connectivity index (χ4n) is 3.17. The molecule has 0 saturated heterocycles. The molecule has 0 spiro atoms. The maximum absolute atomic E-state index is 6.20. The Morgan fingerprint density at radius 2 is 2.10 bits per heavy atom. The Kier molecular flexibility index (Phi) is 3.75. The van der Waals surface area contributed by atoms with Crippen LogP contribution in [-0.4, -0.2) is 50.7 Å². The zero-order valence-corrected chi connectivity index (χ0v) is 13.5. The lowest BCUT2D eigenvalue weighted by Gasteiger charge is -2.37. The first-order valence-corrected chi connectivity index (χ1v) is 7.68. The highest BCUT2D eigenvalue weighted by Gasteiger charge is 2.36. The van der Waals surface area contributed by atoms with Crippen molar-refractivity contribution in [1.29, 1.82) is 0 Å². The Hall–Kier alpha value is -1.40. The maximum atomic E-state index is 6.20. The number of aromatic nitrogens is 4. The smallest absolute Gasteiger partial charge is 0.255 e. The van der Waals surface area contributed by atoms with Crippen LogP contribution in [0.2, 0.25) is 5.15 Å². The summed E-state index contributed by atoms with van der Waals surface area (Å²) in [5.74, 6) is 1.41. The molecule has 1 aliphatic carbocycles. The Labute approximate surface area is 129 Å². The zero-order valence-electron chi connectivity index (χ0n) is 12.7. The summed E-state index contributed by atoms with van der Waals surface area (Å²) in [4.78, 5) is 10.7. The van der Waals surface area contributed by atoms with Crippen LogP contribution in [0.1, 0.15) is 31.2 Å². The lowest BCUT2D eigenvalue weighted by Crippen LogP contribution is -2.47. The van der Waals surface area contributed by atoms with Gasteiger partial charge in [-0.1, -0.05) is 24.4 Å². The first-order valence-electron chi connectivity index (χ1n) is 7.31. The molecule has 0 atom stereocenters. The standard InChI is InChI=1S/C14H21ClN6/c1-10-11(15)19-13-17-9-18-21(13)12(10)16-8-14(20(2)3)6-4-5-7-14/h9,16H,4-8H2,1-3H3. The lowest BCUT2D eigenvalue weighted by molar-refractivity contribution is 0.172. The molecule has 0 amide bonds. The molecule has 7 heteroatoms. The summed E-state index contributed by atoms with van der Waals surface area (Å²) in [6.07, 6.45) is 6.50. The summed E-state index contributed by atoms with van der Waals surface area (Å²) < 4.78 is 1.72. The number of likely N-dealkylation sites (N-methyl/N-ethyl adjacent to an activating group) is 1. The summed E-state index contributed by atoms with van der Waals surface area (Å²) in [5, 5.41) is 8.26. The van der Waals surface area contributed by atoms with Gasteiger partial charge >= 0.3 is 0 Å². The molecule has 0 unspecified atom stereocenters. The minimum atomic E-state index is 0.203. The summed E-state index contributed by atoms with van der Waals surface area (Å²) >= 11 is 6.20. The molecule has 6 nitrogen and oxygen atoms in total. The van der Waals surface area contributed by atoms with Gasteiger partial charge in [-0.15, -0.1) is 0 Å². The second-order valence-electron chi connectivity index (χ2n) is 6.03. The van der Waals surface area contributed by atoms with Crippen LogP contribution in [0.5, 0.6) is 0 Å². The fraction of sp³-hybridized carbons (Fsp3) is 0.643. The molecule has 1 fully saturated rings. The van der Waals surface area contributed by atoms with Crippen molar-refractivity contribution in [3.8, 4) is 0 Å². The van der Waals surface area contributed by atoms with E-state index in [1.807, 2.05) is 6.92 Å². The first kappa shape index (κ1) is 14.5. The van der Waals surface area contributed by atoms with Crippen molar-refractivity contribution in [2.75, 3.05) is 26.0 Å². The van der Waals surface area contributed by atoms with E-state index in [-0.39, 0.29) is 5.54 Å². The molecule has 114 valence electrons. The van der Waals surface area contributed by atoms with Crippen LogP contribution < -0.4 is 5.32 Å². The van der Waals surface area contributed by atoms with Crippen LogP contribution in [0.3, 0.4) is 0 Å². The fourth-order valence-corrected chi connectivity index (χ4v) is 3.33. The van der Waals surface area contributed by atoms with Gasteiger partial charge in [0.1, 0.15) is 17.3 Å². The second-order valence-corrected chi connectivity index (χ2v) is 6.39. The van der Waals surface area contributed by atoms with E-state index in [2.05, 4.69) is 39.4 Å². The largest absolute Gasteiger partial charge is 0.368 e. The third kappa shape index (κ3) is 2.46. The quantitative estimate of drug-likeness (QED) is 0.879. The highest BCUT2D eigenvalue weighted by atomic mass is 35.5. The van der Waals surface area contributed by atoms with E-state index in [0.717, 1.165) is 17.9 Å². The van der Waals surface area contributed by atoms with Gasteiger partial charge < -0.3 is 10.2 Å². The van der Waals surface area contributed by atoms with Gasteiger partial charge in [0.05, 0.1) is 0 Å². The van der Waals surface area contributed by atoms with Gasteiger partial charge in [0.15, 0.2) is 0 Å². The van der Waals surface area contributed by atoms with Crippen molar-refractivity contribution < 1.29 is 0 Å². The van der Waals surface area contributed by atoms with Gasteiger partial charge in [-0.05, 0) is 33.9 Å². The summed E-state index contributed by atoms with van der Waals surface area (Å²) in [6, 6.07) is 0. The third-order valence-electron chi connectivity index (χ3n) is 4.67. The van der Waals surface area contributed by atoms with Crippen molar-refractivity contribution in [3.63, 3.8) is 0 Å². The topological polar surface area (TPSA) is 58.4 Å². The van der Waals surface area contributed by atoms with Gasteiger partial charge in [0.25, 0.3) is 5.78 Å². The van der Waals surface area contributed by atoms with Crippen LogP contribution in [0, 0.1) is 6.92 Å². The molecular formula is C14H21ClN6. The number of fused-ring (bicyclic) bond motifs is 1. The van der Waals surface area contributed by atoms with Crippen LogP contribution in [0.15, 0.2) is 6.33 Å². The molecule has 0 bridgehead atoms. The normalized spacial score (nSPS) is 17.8. The predicted molar refractivity (Wildman–Crippen MR) is 83.9 cm³/mol. The number of nitrogens with zero attached hydrogens (tertiary/aromatic N) is 5. The molecule has 1 N–H and O–H groups in total. The molecule has 0 radical (unpaired) electrons. The van der Waals surface area contributed by atoms with Crippen molar-refractivity contribution in [3.05, 3.63) is 17.0 Å². The van der Waals surface area contributed by atoms with E-state index in [1.54, 1.807) is 4.52 Å². The summed E-state index contributed by atoms with van der Waals surface area (Å²) in [5.41, 5.74) is 1.11. The molecular weight excluding hydrogens is 288 g/mol. The SMILES string of the molecule is Cc1c(Cl)nc2ncnn2c1NCC1(N(C)C)CCCC1. The predicted octanol–water partition coefficient (Wildman–Crippen LogP) is 2.37. The van der Waals surface area contributed by atoms with Crippen LogP contribution in [0.25, 0.3) is 5.78 Å². The van der Waals surface area contributed by atoms with Crippen LogP contribution >= 0.6 is 11.6 Å². The Balaban J connectivity index is 1.91. The minimum Gasteiger partial charge on any atom is -0.368 e. The van der Waals surface area contributed by atoms with Gasteiger partial charge in [0, 0.05) is 17.6 Å². The van der Waals surface area contributed by atoms with Crippen LogP contribution in [-0.2, 0) is 0 Å². The van der Waals surface area contributed by atoms with Crippen molar-refractivity contribution >= 4 is 23.2 Å². The van der Waals surface area contributed by atoms with E-state index in [0.29, 0.717) is 10.9 Å². The highest BCUT2D eigenvalue weighted by molar-refractivity contribution is 6.30. The second kappa shape index (κ2) is 5.42. The first-order chi connectivity index (χ1) is 10.0. The zero-order chi connectivity index (χ0) is 15.0. The maximum Gasteiger partial charge on any atom is 0.255 e. The van der Waals surface area contributed by atoms with Gasteiger partial charge in [0.2, 0.25) is 0 Å². The summed E-state index contributed by atoms with van der Waals surface area (Å²) in [6.45, 7) is 2.83. The monoisotopic (exact) mass is 308 g/mol. The number of hydrogen-bond donors (Lipinski definition) is 1. The minimum absolute atomic E-state index is 0.203. The van der Waals surface area contributed by atoms with Gasteiger partial charge in [-0.25, -0.2) is 0 Å². The molecule has 21 heavy (non-hydrogen) atoms. The average molecular weight is 309 g/mol. The molecule has 0 aromatic carbocycles. The average Bonchev–Trinajstić information content (AvgIpc) is 3.08. The van der Waals surface area contributed by atoms with Crippen molar-refractivity contribution in [1.82, 2.24) is 24.5 Å². The van der Waals surface area contributed by atoms with Gasteiger partial charge in [-0.3, -0.25) is 0 Å². The lowest BCUT2D eigenvalue weighted by atomic mass is 9.96.